The summed E-state index contributed by atoms with van der Waals surface area (Å²) in [6.45, 7) is 7.43. The monoisotopic (exact) mass is 257 g/mol. The number of nitrogens with one attached hydrogen (secondary N) is 1. The average molecular weight is 257 g/mol. The van der Waals surface area contributed by atoms with Crippen LogP contribution in [0.15, 0.2) is 42.7 Å². The Labute approximate surface area is 115 Å². The van der Waals surface area contributed by atoms with E-state index in [1.54, 1.807) is 0 Å². The molecule has 0 aliphatic heterocycles. The standard InChI is InChI=1S/C16H23N3/c1-13(2)18-16(15-7-5-4-6-8-15)9-11-19-12-10-17-14(19)3/h4-8,10,12-13,16,18H,9,11H2,1-3H3. The van der Waals surface area contributed by atoms with Crippen LogP contribution in [-0.2, 0) is 6.54 Å². The zero-order valence-electron chi connectivity index (χ0n) is 12.0. The molecular formula is C16H23N3. The summed E-state index contributed by atoms with van der Waals surface area (Å²) in [5.41, 5.74) is 1.36. The molecule has 0 aliphatic rings. The lowest BCUT2D eigenvalue weighted by atomic mass is 10.0. The van der Waals surface area contributed by atoms with E-state index in [1.807, 2.05) is 19.3 Å². The average Bonchev–Trinajstić information content (AvgIpc) is 2.81. The number of aromatic nitrogens is 2. The van der Waals surface area contributed by atoms with Crippen LogP contribution in [0.3, 0.4) is 0 Å². The van der Waals surface area contributed by atoms with Crippen molar-refractivity contribution in [2.45, 2.75) is 45.8 Å². The van der Waals surface area contributed by atoms with Gasteiger partial charge >= 0.3 is 0 Å². The van der Waals surface area contributed by atoms with E-state index in [0.717, 1.165) is 18.8 Å². The Morgan fingerprint density at radius 2 is 1.95 bits per heavy atom. The topological polar surface area (TPSA) is 29.9 Å². The van der Waals surface area contributed by atoms with E-state index in [1.165, 1.54) is 5.56 Å². The van der Waals surface area contributed by atoms with Crippen LogP contribution >= 0.6 is 0 Å². The van der Waals surface area contributed by atoms with Crippen molar-refractivity contribution < 1.29 is 0 Å². The Balaban J connectivity index is 2.04. The first-order valence-electron chi connectivity index (χ1n) is 6.95. The second kappa shape index (κ2) is 6.53. The molecule has 1 unspecified atom stereocenters. The number of nitrogens with zero attached hydrogens (tertiary/aromatic N) is 2. The lowest BCUT2D eigenvalue weighted by molar-refractivity contribution is 0.425. The Hall–Kier alpha value is -1.61. The van der Waals surface area contributed by atoms with Crippen molar-refractivity contribution in [1.29, 1.82) is 0 Å². The molecule has 0 bridgehead atoms. The molecule has 1 heterocycles. The van der Waals surface area contributed by atoms with Crippen molar-refractivity contribution in [1.82, 2.24) is 14.9 Å². The first-order chi connectivity index (χ1) is 9.16. The molecule has 3 nitrogen and oxygen atoms in total. The maximum absolute atomic E-state index is 4.27. The molecule has 1 N–H and O–H groups in total. The van der Waals surface area contributed by atoms with Gasteiger partial charge in [-0.15, -0.1) is 0 Å². The molecule has 0 amide bonds. The van der Waals surface area contributed by atoms with Gasteiger partial charge in [-0.3, -0.25) is 0 Å². The minimum atomic E-state index is 0.392. The highest BCUT2D eigenvalue weighted by molar-refractivity contribution is 5.19. The molecule has 19 heavy (non-hydrogen) atoms. The second-order valence-electron chi connectivity index (χ2n) is 5.24. The van der Waals surface area contributed by atoms with Crippen LogP contribution in [0.5, 0.6) is 0 Å². The number of benzene rings is 1. The second-order valence-corrected chi connectivity index (χ2v) is 5.24. The summed E-state index contributed by atoms with van der Waals surface area (Å²) in [5, 5.41) is 3.64. The number of hydrogen-bond acceptors (Lipinski definition) is 2. The molecule has 102 valence electrons. The number of imidazole rings is 1. The largest absolute Gasteiger partial charge is 0.335 e. The van der Waals surface area contributed by atoms with E-state index < -0.39 is 0 Å². The SMILES string of the molecule is Cc1nccn1CCC(NC(C)C)c1ccccc1. The van der Waals surface area contributed by atoms with Gasteiger partial charge in [0.05, 0.1) is 0 Å². The summed E-state index contributed by atoms with van der Waals surface area (Å²) in [5.74, 6) is 1.08. The maximum atomic E-state index is 4.27. The zero-order chi connectivity index (χ0) is 13.7. The summed E-state index contributed by atoms with van der Waals surface area (Å²) in [7, 11) is 0. The summed E-state index contributed by atoms with van der Waals surface area (Å²) in [4.78, 5) is 4.27. The van der Waals surface area contributed by atoms with E-state index in [-0.39, 0.29) is 0 Å². The third-order valence-electron chi connectivity index (χ3n) is 3.32. The third kappa shape index (κ3) is 3.93. The molecule has 0 spiro atoms. The molecular weight excluding hydrogens is 234 g/mol. The highest BCUT2D eigenvalue weighted by atomic mass is 15.1. The van der Waals surface area contributed by atoms with Gasteiger partial charge in [-0.25, -0.2) is 4.98 Å². The van der Waals surface area contributed by atoms with Crippen LogP contribution < -0.4 is 5.32 Å². The van der Waals surface area contributed by atoms with Crippen molar-refractivity contribution >= 4 is 0 Å². The molecule has 2 rings (SSSR count). The predicted molar refractivity (Wildman–Crippen MR) is 79.0 cm³/mol. The van der Waals surface area contributed by atoms with Crippen molar-refractivity contribution in [2.24, 2.45) is 0 Å². The summed E-state index contributed by atoms with van der Waals surface area (Å²) < 4.78 is 2.21. The van der Waals surface area contributed by atoms with Gasteiger partial charge in [0.15, 0.2) is 0 Å². The molecule has 3 heteroatoms. The molecule has 0 fully saturated rings. The first-order valence-corrected chi connectivity index (χ1v) is 6.95. The third-order valence-corrected chi connectivity index (χ3v) is 3.32. The zero-order valence-corrected chi connectivity index (χ0v) is 12.0. The van der Waals surface area contributed by atoms with Crippen LogP contribution in [-0.4, -0.2) is 15.6 Å². The Morgan fingerprint density at radius 3 is 2.53 bits per heavy atom. The minimum absolute atomic E-state index is 0.392. The van der Waals surface area contributed by atoms with Gasteiger partial charge in [0.1, 0.15) is 5.82 Å². The van der Waals surface area contributed by atoms with Gasteiger partial charge in [0, 0.05) is 31.0 Å². The fraction of sp³-hybridized carbons (Fsp3) is 0.438. The normalized spacial score (nSPS) is 12.8. The van der Waals surface area contributed by atoms with Crippen LogP contribution in [0.2, 0.25) is 0 Å². The first kappa shape index (κ1) is 13.8. The molecule has 1 aromatic heterocycles. The number of aryl methyl sites for hydroxylation is 2. The van der Waals surface area contributed by atoms with Crippen molar-refractivity contribution in [3.05, 3.63) is 54.1 Å². The minimum Gasteiger partial charge on any atom is -0.335 e. The fourth-order valence-corrected chi connectivity index (χ4v) is 2.34. The molecule has 0 saturated carbocycles. The molecule has 1 atom stereocenters. The smallest absolute Gasteiger partial charge is 0.105 e. The Kier molecular flexibility index (Phi) is 4.74. The number of hydrogen-bond donors (Lipinski definition) is 1. The van der Waals surface area contributed by atoms with Crippen molar-refractivity contribution in [3.8, 4) is 0 Å². The van der Waals surface area contributed by atoms with E-state index >= 15 is 0 Å². The maximum Gasteiger partial charge on any atom is 0.105 e. The molecule has 2 aromatic rings. The quantitative estimate of drug-likeness (QED) is 0.860. The lowest BCUT2D eigenvalue weighted by Crippen LogP contribution is -2.29. The molecule has 1 aromatic carbocycles. The summed E-state index contributed by atoms with van der Waals surface area (Å²) >= 11 is 0. The van der Waals surface area contributed by atoms with E-state index in [9.17, 15) is 0 Å². The Bertz CT molecular complexity index is 488. The molecule has 0 aliphatic carbocycles. The van der Waals surface area contributed by atoms with Gasteiger partial charge in [0.25, 0.3) is 0 Å². The van der Waals surface area contributed by atoms with Gasteiger partial charge in [-0.2, -0.15) is 0 Å². The number of rotatable bonds is 6. The van der Waals surface area contributed by atoms with Gasteiger partial charge < -0.3 is 9.88 Å². The summed E-state index contributed by atoms with van der Waals surface area (Å²) in [6.07, 6.45) is 4.98. The van der Waals surface area contributed by atoms with Crippen molar-refractivity contribution in [2.75, 3.05) is 0 Å². The van der Waals surface area contributed by atoms with Crippen LogP contribution in [0.4, 0.5) is 0 Å². The van der Waals surface area contributed by atoms with E-state index in [0.29, 0.717) is 12.1 Å². The Morgan fingerprint density at radius 1 is 1.21 bits per heavy atom. The molecule has 0 radical (unpaired) electrons. The summed E-state index contributed by atoms with van der Waals surface area (Å²) in [6, 6.07) is 11.5. The van der Waals surface area contributed by atoms with Gasteiger partial charge in [-0.05, 0) is 18.9 Å². The predicted octanol–water partition coefficient (Wildman–Crippen LogP) is 3.32. The highest BCUT2D eigenvalue weighted by Crippen LogP contribution is 2.18. The van der Waals surface area contributed by atoms with E-state index in [2.05, 4.69) is 59.0 Å². The lowest BCUT2D eigenvalue weighted by Gasteiger charge is -2.22. The van der Waals surface area contributed by atoms with Gasteiger partial charge in [-0.1, -0.05) is 44.2 Å². The highest BCUT2D eigenvalue weighted by Gasteiger charge is 2.12. The van der Waals surface area contributed by atoms with E-state index in [4.69, 9.17) is 0 Å². The van der Waals surface area contributed by atoms with Crippen LogP contribution in [0.1, 0.15) is 37.7 Å². The van der Waals surface area contributed by atoms with Gasteiger partial charge in [0.2, 0.25) is 0 Å². The van der Waals surface area contributed by atoms with Crippen LogP contribution in [0, 0.1) is 6.92 Å². The van der Waals surface area contributed by atoms with Crippen LogP contribution in [0.25, 0.3) is 0 Å². The molecule has 0 saturated heterocycles. The van der Waals surface area contributed by atoms with Crippen molar-refractivity contribution in [3.63, 3.8) is 0 Å². The fourth-order valence-electron chi connectivity index (χ4n) is 2.34.